The highest BCUT2D eigenvalue weighted by molar-refractivity contribution is 7.78. The van der Waals surface area contributed by atoms with Gasteiger partial charge in [-0.05, 0) is 12.2 Å². The van der Waals surface area contributed by atoms with Gasteiger partial charge in [0.1, 0.15) is 5.82 Å². The van der Waals surface area contributed by atoms with Crippen molar-refractivity contribution in [1.82, 2.24) is 19.8 Å². The molecule has 7 nitrogen and oxygen atoms in total. The van der Waals surface area contributed by atoms with Crippen LogP contribution in [0.25, 0.3) is 0 Å². The van der Waals surface area contributed by atoms with Crippen LogP contribution in [0.4, 0.5) is 0 Å². The Kier molecular flexibility index (Phi) is 7.15. The van der Waals surface area contributed by atoms with Crippen molar-refractivity contribution in [1.29, 1.82) is 0 Å². The maximum Gasteiger partial charge on any atom is 0.235 e. The molecule has 0 fully saturated rings. The molecule has 1 aromatic heterocycles. The van der Waals surface area contributed by atoms with Crippen LogP contribution in [0, 0.1) is 4.77 Å². The fourth-order valence-corrected chi connectivity index (χ4v) is 6.12. The van der Waals surface area contributed by atoms with E-state index < -0.39 is 7.14 Å². The normalized spacial score (nSPS) is 11.2. The molecule has 2 aromatic carbocycles. The number of rotatable bonds is 9. The number of hydrogen-bond acceptors (Lipinski definition) is 5. The lowest BCUT2D eigenvalue weighted by molar-refractivity contribution is -0.121. The minimum atomic E-state index is -3.02. The number of carbonyl (C=O) groups excluding carboxylic acids is 1. The molecule has 0 unspecified atom stereocenters. The third-order valence-corrected chi connectivity index (χ3v) is 8.16. The highest BCUT2D eigenvalue weighted by Gasteiger charge is 2.30. The number of carbonyl (C=O) groups is 1. The molecular formula is C21H24N5O2PS. The topological polar surface area (TPSA) is 94.9 Å². The zero-order chi connectivity index (χ0) is 21.6. The first-order valence-corrected chi connectivity index (χ1v) is 11.8. The Balaban J connectivity index is 2.06. The standard InChI is InChI=1S/C21H24N5O2PS/c1-2-14-25-19(24-26(21(25)30)15-13-20(27)23-22)16-29(28,17-9-5-3-6-10-17)18-11-7-4-8-12-18/h2-12H,1,13-16,22H2,(H,23,27). The molecule has 9 heteroatoms. The first-order chi connectivity index (χ1) is 14.5. The summed E-state index contributed by atoms with van der Waals surface area (Å²) in [4.78, 5) is 11.5. The Morgan fingerprint density at radius 2 is 1.70 bits per heavy atom. The molecule has 0 bridgehead atoms. The number of nitrogens with one attached hydrogen (secondary N) is 1. The second kappa shape index (κ2) is 9.80. The number of nitrogens with two attached hydrogens (primary N) is 1. The fourth-order valence-electron chi connectivity index (χ4n) is 3.21. The van der Waals surface area contributed by atoms with Crippen molar-refractivity contribution in [2.45, 2.75) is 25.7 Å². The maximum absolute atomic E-state index is 14.4. The highest BCUT2D eigenvalue weighted by atomic mass is 32.1. The van der Waals surface area contributed by atoms with Crippen LogP contribution >= 0.6 is 19.4 Å². The van der Waals surface area contributed by atoms with E-state index in [2.05, 4.69) is 17.1 Å². The second-order valence-corrected chi connectivity index (χ2v) is 9.90. The minimum absolute atomic E-state index is 0.143. The SMILES string of the molecule is C=CCn1c(CP(=O)(c2ccccc2)c2ccccc2)nn(CCC(=O)NN)c1=S. The quantitative estimate of drug-likeness (QED) is 0.133. The van der Waals surface area contributed by atoms with E-state index in [9.17, 15) is 9.36 Å². The van der Waals surface area contributed by atoms with Gasteiger partial charge in [-0.3, -0.25) is 14.8 Å². The number of aryl methyl sites for hydroxylation is 1. The van der Waals surface area contributed by atoms with Crippen molar-refractivity contribution >= 4 is 35.9 Å². The van der Waals surface area contributed by atoms with Gasteiger partial charge in [0.25, 0.3) is 0 Å². The Labute approximate surface area is 180 Å². The van der Waals surface area contributed by atoms with Crippen LogP contribution in [-0.4, -0.2) is 20.3 Å². The van der Waals surface area contributed by atoms with Gasteiger partial charge in [-0.25, -0.2) is 10.5 Å². The maximum atomic E-state index is 14.4. The Hall–Kier alpha value is -2.80. The number of allylic oxidation sites excluding steroid dienone is 1. The van der Waals surface area contributed by atoms with Crippen molar-refractivity contribution in [3.8, 4) is 0 Å². The summed E-state index contributed by atoms with van der Waals surface area (Å²) in [7, 11) is -3.02. The number of nitrogens with zero attached hydrogens (tertiary/aromatic N) is 3. The number of hydrogen-bond donors (Lipinski definition) is 2. The monoisotopic (exact) mass is 441 g/mol. The van der Waals surface area contributed by atoms with E-state index in [-0.39, 0.29) is 25.0 Å². The van der Waals surface area contributed by atoms with E-state index in [4.69, 9.17) is 18.1 Å². The van der Waals surface area contributed by atoms with Gasteiger partial charge in [0, 0.05) is 23.6 Å². The summed E-state index contributed by atoms with van der Waals surface area (Å²) < 4.78 is 18.2. The second-order valence-electron chi connectivity index (χ2n) is 6.71. The van der Waals surface area contributed by atoms with E-state index in [1.54, 1.807) is 15.3 Å². The molecule has 3 N–H and O–H groups in total. The molecule has 0 aliphatic carbocycles. The van der Waals surface area contributed by atoms with Crippen LogP contribution in [0.15, 0.2) is 73.3 Å². The van der Waals surface area contributed by atoms with Crippen LogP contribution < -0.4 is 21.9 Å². The van der Waals surface area contributed by atoms with Crippen LogP contribution in [0.5, 0.6) is 0 Å². The van der Waals surface area contributed by atoms with Gasteiger partial charge >= 0.3 is 0 Å². The molecule has 0 atom stereocenters. The van der Waals surface area contributed by atoms with Crippen molar-refractivity contribution in [2.75, 3.05) is 0 Å². The third-order valence-electron chi connectivity index (χ3n) is 4.73. The molecule has 0 spiro atoms. The minimum Gasteiger partial charge on any atom is -0.313 e. The van der Waals surface area contributed by atoms with Gasteiger partial charge in [-0.2, -0.15) is 5.10 Å². The Morgan fingerprint density at radius 3 is 2.20 bits per heavy atom. The molecule has 30 heavy (non-hydrogen) atoms. The van der Waals surface area contributed by atoms with Crippen molar-refractivity contribution < 1.29 is 9.36 Å². The number of aromatic nitrogens is 3. The average Bonchev–Trinajstić information content (AvgIpc) is 3.07. The van der Waals surface area contributed by atoms with E-state index in [0.29, 0.717) is 17.1 Å². The van der Waals surface area contributed by atoms with Gasteiger partial charge in [0.15, 0.2) is 11.9 Å². The van der Waals surface area contributed by atoms with Crippen LogP contribution in [-0.2, 0) is 28.6 Å². The highest BCUT2D eigenvalue weighted by Crippen LogP contribution is 2.46. The van der Waals surface area contributed by atoms with Gasteiger partial charge in [0.2, 0.25) is 5.91 Å². The van der Waals surface area contributed by atoms with Crippen LogP contribution in [0.1, 0.15) is 12.2 Å². The zero-order valence-corrected chi connectivity index (χ0v) is 18.2. The first kappa shape index (κ1) is 21.9. The zero-order valence-electron chi connectivity index (χ0n) is 16.5. The Morgan fingerprint density at radius 1 is 1.13 bits per heavy atom. The molecule has 1 heterocycles. The summed E-state index contributed by atoms with van der Waals surface area (Å²) in [6.07, 6.45) is 2.06. The van der Waals surface area contributed by atoms with Gasteiger partial charge in [-0.15, -0.1) is 6.58 Å². The predicted molar refractivity (Wildman–Crippen MR) is 122 cm³/mol. The molecule has 0 aliphatic heterocycles. The Bertz CT molecular complexity index is 1080. The van der Waals surface area contributed by atoms with Gasteiger partial charge < -0.3 is 4.57 Å². The first-order valence-electron chi connectivity index (χ1n) is 9.46. The molecule has 3 rings (SSSR count). The van der Waals surface area contributed by atoms with E-state index in [0.717, 1.165) is 10.6 Å². The molecule has 1 amide bonds. The summed E-state index contributed by atoms with van der Waals surface area (Å²) in [5, 5.41) is 6.11. The van der Waals surface area contributed by atoms with Crippen molar-refractivity contribution in [3.63, 3.8) is 0 Å². The summed E-state index contributed by atoms with van der Waals surface area (Å²) in [5.74, 6) is 5.44. The van der Waals surface area contributed by atoms with Crippen LogP contribution in [0.2, 0.25) is 0 Å². The molecule has 3 aromatic rings. The summed E-state index contributed by atoms with van der Waals surface area (Å²) in [5.41, 5.74) is 2.10. The van der Waals surface area contributed by atoms with E-state index >= 15 is 0 Å². The number of benzene rings is 2. The molecule has 156 valence electrons. The smallest absolute Gasteiger partial charge is 0.235 e. The molecule has 0 saturated carbocycles. The molecular weight excluding hydrogens is 417 g/mol. The fraction of sp³-hybridized carbons (Fsp3) is 0.190. The lowest BCUT2D eigenvalue weighted by Gasteiger charge is -2.19. The van der Waals surface area contributed by atoms with Crippen molar-refractivity contribution in [3.05, 3.63) is 83.9 Å². The lowest BCUT2D eigenvalue weighted by Crippen LogP contribution is -2.30. The van der Waals surface area contributed by atoms with E-state index in [1.807, 2.05) is 60.7 Å². The average molecular weight is 441 g/mol. The third kappa shape index (κ3) is 4.67. The molecule has 0 saturated heterocycles. The van der Waals surface area contributed by atoms with Gasteiger partial charge in [-0.1, -0.05) is 66.7 Å². The number of amides is 1. The summed E-state index contributed by atoms with van der Waals surface area (Å²) in [6, 6.07) is 18.8. The lowest BCUT2D eigenvalue weighted by atomic mass is 10.4. The van der Waals surface area contributed by atoms with Gasteiger partial charge in [0.05, 0.1) is 12.7 Å². The predicted octanol–water partition coefficient (Wildman–Crippen LogP) is 2.49. The number of hydrazine groups is 1. The summed E-state index contributed by atoms with van der Waals surface area (Å²) >= 11 is 5.55. The summed E-state index contributed by atoms with van der Waals surface area (Å²) in [6.45, 7) is 4.50. The molecule has 0 radical (unpaired) electrons. The van der Waals surface area contributed by atoms with Crippen LogP contribution in [0.3, 0.4) is 0 Å². The molecule has 0 aliphatic rings. The van der Waals surface area contributed by atoms with Crippen molar-refractivity contribution in [2.24, 2.45) is 5.84 Å². The largest absolute Gasteiger partial charge is 0.313 e. The van der Waals surface area contributed by atoms with E-state index in [1.165, 1.54) is 0 Å².